The van der Waals surface area contributed by atoms with E-state index in [9.17, 15) is 4.79 Å². The van der Waals surface area contributed by atoms with Crippen molar-refractivity contribution in [1.29, 1.82) is 0 Å². The van der Waals surface area contributed by atoms with E-state index in [1.807, 2.05) is 30.3 Å². The van der Waals surface area contributed by atoms with Crippen LogP contribution in [0.5, 0.6) is 0 Å². The highest BCUT2D eigenvalue weighted by molar-refractivity contribution is 5.79. The first-order valence-electron chi connectivity index (χ1n) is 10.2. The molecule has 144 valence electrons. The van der Waals surface area contributed by atoms with Gasteiger partial charge in [0.2, 0.25) is 5.91 Å². The summed E-state index contributed by atoms with van der Waals surface area (Å²) in [5, 5.41) is 7.09. The Bertz CT molecular complexity index is 740. The molecule has 1 N–H and O–H groups in total. The fourth-order valence-corrected chi connectivity index (χ4v) is 4.32. The molecule has 0 spiro atoms. The van der Waals surface area contributed by atoms with Gasteiger partial charge in [0.15, 0.2) is 5.82 Å². The number of benzene rings is 1. The predicted octanol–water partition coefficient (Wildman–Crippen LogP) is 3.05. The molecule has 2 heterocycles. The van der Waals surface area contributed by atoms with Crippen LogP contribution in [0.1, 0.15) is 44.3 Å². The second-order valence-electron chi connectivity index (χ2n) is 7.70. The van der Waals surface area contributed by atoms with Crippen LogP contribution in [-0.4, -0.2) is 46.6 Å². The number of carbonyl (C=O) groups excluding carboxylic acids is 1. The Kier molecular flexibility index (Phi) is 5.82. The molecule has 1 unspecified atom stereocenters. The zero-order chi connectivity index (χ0) is 18.5. The van der Waals surface area contributed by atoms with Crippen LogP contribution in [0.4, 0.5) is 0 Å². The number of hydrogen-bond acceptors (Lipinski definition) is 5. The third kappa shape index (κ3) is 4.56. The summed E-state index contributed by atoms with van der Waals surface area (Å²) in [7, 11) is 0. The average molecular weight is 368 g/mol. The van der Waals surface area contributed by atoms with Crippen LogP contribution in [0.15, 0.2) is 34.9 Å². The number of carbonyl (C=O) groups is 1. The van der Waals surface area contributed by atoms with Gasteiger partial charge in [-0.15, -0.1) is 0 Å². The van der Waals surface area contributed by atoms with E-state index < -0.39 is 0 Å². The van der Waals surface area contributed by atoms with Gasteiger partial charge in [0.25, 0.3) is 5.89 Å². The normalized spacial score (nSPS) is 21.4. The lowest BCUT2D eigenvalue weighted by Crippen LogP contribution is -2.46. The predicted molar refractivity (Wildman–Crippen MR) is 103 cm³/mol. The highest BCUT2D eigenvalue weighted by Gasteiger charge is 2.30. The van der Waals surface area contributed by atoms with E-state index >= 15 is 0 Å². The Balaban J connectivity index is 1.24. The van der Waals surface area contributed by atoms with Gasteiger partial charge in [0, 0.05) is 31.1 Å². The first-order valence-corrected chi connectivity index (χ1v) is 10.2. The van der Waals surface area contributed by atoms with Crippen molar-refractivity contribution in [3.63, 3.8) is 0 Å². The van der Waals surface area contributed by atoms with Crippen molar-refractivity contribution in [2.24, 2.45) is 5.92 Å². The number of hydrogen-bond donors (Lipinski definition) is 1. The monoisotopic (exact) mass is 368 g/mol. The van der Waals surface area contributed by atoms with Crippen LogP contribution in [0.2, 0.25) is 0 Å². The summed E-state index contributed by atoms with van der Waals surface area (Å²) in [6.45, 7) is 2.61. The molecule has 1 aliphatic carbocycles. The van der Waals surface area contributed by atoms with Crippen molar-refractivity contribution in [2.45, 2.75) is 51.0 Å². The van der Waals surface area contributed by atoms with Crippen molar-refractivity contribution >= 4 is 5.91 Å². The number of rotatable bonds is 6. The average Bonchev–Trinajstić information content (AvgIpc) is 3.41. The zero-order valence-corrected chi connectivity index (χ0v) is 15.8. The molecule has 1 aromatic heterocycles. The molecule has 6 heteroatoms. The summed E-state index contributed by atoms with van der Waals surface area (Å²) < 4.78 is 5.32. The molecule has 1 saturated carbocycles. The molecular formula is C21H28N4O2. The molecule has 2 aromatic rings. The Hall–Kier alpha value is -2.21. The molecule has 1 aliphatic heterocycles. The van der Waals surface area contributed by atoms with E-state index in [4.69, 9.17) is 4.52 Å². The molecule has 0 bridgehead atoms. The van der Waals surface area contributed by atoms with E-state index in [-0.39, 0.29) is 11.8 Å². The summed E-state index contributed by atoms with van der Waals surface area (Å²) in [5.74, 6) is 1.44. The number of nitrogens with zero attached hydrogens (tertiary/aromatic N) is 3. The Labute approximate surface area is 160 Å². The number of piperidine rings is 1. The van der Waals surface area contributed by atoms with Gasteiger partial charge in [-0.2, -0.15) is 4.98 Å². The maximum absolute atomic E-state index is 12.6. The lowest BCUT2D eigenvalue weighted by atomic mass is 9.95. The van der Waals surface area contributed by atoms with Gasteiger partial charge in [0.1, 0.15) is 0 Å². The molecular weight excluding hydrogens is 340 g/mol. The lowest BCUT2D eigenvalue weighted by Gasteiger charge is -2.36. The lowest BCUT2D eigenvalue weighted by molar-refractivity contribution is -0.127. The number of aromatic nitrogens is 2. The van der Waals surface area contributed by atoms with Crippen LogP contribution in [-0.2, 0) is 11.2 Å². The molecule has 2 fully saturated rings. The first-order chi connectivity index (χ1) is 13.3. The van der Waals surface area contributed by atoms with Gasteiger partial charge >= 0.3 is 0 Å². The molecule has 1 atom stereocenters. The highest BCUT2D eigenvalue weighted by atomic mass is 16.5. The van der Waals surface area contributed by atoms with Crippen LogP contribution < -0.4 is 5.32 Å². The summed E-state index contributed by atoms with van der Waals surface area (Å²) in [6.07, 6.45) is 7.99. The molecule has 1 amide bonds. The molecule has 0 radical (unpaired) electrons. The zero-order valence-electron chi connectivity index (χ0n) is 15.8. The van der Waals surface area contributed by atoms with Crippen LogP contribution in [0.3, 0.4) is 0 Å². The fourth-order valence-electron chi connectivity index (χ4n) is 4.32. The Morgan fingerprint density at radius 3 is 2.78 bits per heavy atom. The quantitative estimate of drug-likeness (QED) is 0.848. The van der Waals surface area contributed by atoms with Crippen LogP contribution in [0.25, 0.3) is 11.5 Å². The largest absolute Gasteiger partial charge is 0.355 e. The summed E-state index contributed by atoms with van der Waals surface area (Å²) in [4.78, 5) is 19.5. The third-order valence-corrected chi connectivity index (χ3v) is 5.80. The van der Waals surface area contributed by atoms with Crippen molar-refractivity contribution in [3.05, 3.63) is 36.2 Å². The van der Waals surface area contributed by atoms with E-state index in [1.54, 1.807) is 0 Å². The first kappa shape index (κ1) is 18.2. The van der Waals surface area contributed by atoms with Crippen molar-refractivity contribution in [3.8, 4) is 11.5 Å². The van der Waals surface area contributed by atoms with Crippen molar-refractivity contribution < 1.29 is 9.32 Å². The van der Waals surface area contributed by atoms with E-state index in [0.717, 1.165) is 31.5 Å². The molecule has 1 aromatic carbocycles. The second kappa shape index (κ2) is 8.65. The summed E-state index contributed by atoms with van der Waals surface area (Å²) >= 11 is 0. The van der Waals surface area contributed by atoms with E-state index in [2.05, 4.69) is 20.4 Å². The fraction of sp³-hybridized carbons (Fsp3) is 0.571. The SMILES string of the molecule is O=C(NCCc1noc(-c2ccccc2)n1)C1CCCN(C2CCCC2)C1. The minimum absolute atomic E-state index is 0.115. The number of likely N-dealkylation sites (tertiary alicyclic amines) is 1. The molecule has 6 nitrogen and oxygen atoms in total. The van der Waals surface area contributed by atoms with E-state index in [0.29, 0.717) is 30.7 Å². The summed E-state index contributed by atoms with van der Waals surface area (Å²) in [6, 6.07) is 10.4. The minimum Gasteiger partial charge on any atom is -0.355 e. The summed E-state index contributed by atoms with van der Waals surface area (Å²) in [5.41, 5.74) is 0.912. The second-order valence-corrected chi connectivity index (χ2v) is 7.70. The minimum atomic E-state index is 0.115. The topological polar surface area (TPSA) is 71.3 Å². The van der Waals surface area contributed by atoms with Gasteiger partial charge in [0.05, 0.1) is 5.92 Å². The maximum Gasteiger partial charge on any atom is 0.257 e. The van der Waals surface area contributed by atoms with E-state index in [1.165, 1.54) is 25.7 Å². The Morgan fingerprint density at radius 2 is 1.96 bits per heavy atom. The standard InChI is InChI=1S/C21H28N4O2/c26-20(17-9-6-14-25(15-17)18-10-4-5-11-18)22-13-12-19-23-21(27-24-19)16-7-2-1-3-8-16/h1-3,7-8,17-18H,4-6,9-15H2,(H,22,26). The number of nitrogens with one attached hydrogen (secondary N) is 1. The van der Waals surface area contributed by atoms with Crippen LogP contribution in [0, 0.1) is 5.92 Å². The van der Waals surface area contributed by atoms with Crippen LogP contribution >= 0.6 is 0 Å². The third-order valence-electron chi connectivity index (χ3n) is 5.80. The molecule has 2 aliphatic rings. The van der Waals surface area contributed by atoms with Crippen molar-refractivity contribution in [2.75, 3.05) is 19.6 Å². The molecule has 1 saturated heterocycles. The van der Waals surface area contributed by atoms with Gasteiger partial charge in [-0.25, -0.2) is 0 Å². The Morgan fingerprint density at radius 1 is 1.15 bits per heavy atom. The van der Waals surface area contributed by atoms with Gasteiger partial charge in [-0.1, -0.05) is 36.2 Å². The van der Waals surface area contributed by atoms with Gasteiger partial charge < -0.3 is 9.84 Å². The molecule has 27 heavy (non-hydrogen) atoms. The van der Waals surface area contributed by atoms with Gasteiger partial charge in [-0.05, 0) is 44.4 Å². The maximum atomic E-state index is 12.6. The molecule has 4 rings (SSSR count). The highest BCUT2D eigenvalue weighted by Crippen LogP contribution is 2.28. The number of amides is 1. The smallest absolute Gasteiger partial charge is 0.257 e. The van der Waals surface area contributed by atoms with Crippen molar-refractivity contribution in [1.82, 2.24) is 20.4 Å². The van der Waals surface area contributed by atoms with Gasteiger partial charge in [-0.3, -0.25) is 9.69 Å².